The Kier molecular flexibility index (Phi) is 5.53. The predicted octanol–water partition coefficient (Wildman–Crippen LogP) is 13.4. The Balaban J connectivity index is 1.32. The van der Waals surface area contributed by atoms with Gasteiger partial charge in [-0.05, 0) is 62.6 Å². The highest BCUT2D eigenvalue weighted by Crippen LogP contribution is 2.49. The summed E-state index contributed by atoms with van der Waals surface area (Å²) in [4.78, 5) is 12.1. The van der Waals surface area contributed by atoms with E-state index in [0.717, 1.165) is 38.3 Å². The maximum atomic E-state index is 5.66. The number of rotatable bonds is 2. The third kappa shape index (κ3) is 3.82. The summed E-state index contributed by atoms with van der Waals surface area (Å²) < 4.78 is 6.18. The Bertz CT molecular complexity index is 3440. The van der Waals surface area contributed by atoms with E-state index in [1.54, 1.807) is 11.3 Å². The first-order valence-corrected chi connectivity index (χ1v) is 18.8. The van der Waals surface area contributed by atoms with E-state index >= 15 is 0 Å². The molecule has 0 amide bonds. The van der Waals surface area contributed by atoms with Crippen molar-refractivity contribution in [2.45, 2.75) is 0 Å². The molecule has 51 heavy (non-hydrogen) atoms. The van der Waals surface area contributed by atoms with Gasteiger partial charge in [-0.25, -0.2) is 9.97 Å². The molecule has 236 valence electrons. The molecule has 0 spiro atoms. The zero-order valence-electron chi connectivity index (χ0n) is 27.1. The summed E-state index contributed by atoms with van der Waals surface area (Å²) in [6.07, 6.45) is 0. The average molecular weight is 684 g/mol. The van der Waals surface area contributed by atoms with Crippen molar-refractivity contribution in [3.8, 4) is 17.1 Å². The van der Waals surface area contributed by atoms with Crippen molar-refractivity contribution < 1.29 is 0 Å². The molecule has 0 radical (unpaired) electrons. The second kappa shape index (κ2) is 10.2. The summed E-state index contributed by atoms with van der Waals surface area (Å²) in [5, 5.41) is 13.7. The van der Waals surface area contributed by atoms with Crippen molar-refractivity contribution in [1.29, 1.82) is 0 Å². The van der Waals surface area contributed by atoms with E-state index in [1.165, 1.54) is 73.5 Å². The molecule has 0 aliphatic heterocycles. The Morgan fingerprint density at radius 1 is 0.451 bits per heavy atom. The van der Waals surface area contributed by atoms with Gasteiger partial charge < -0.3 is 0 Å². The van der Waals surface area contributed by atoms with Gasteiger partial charge in [0, 0.05) is 41.9 Å². The fourth-order valence-electron chi connectivity index (χ4n) is 8.28. The highest BCUT2D eigenvalue weighted by atomic mass is 32.1. The van der Waals surface area contributed by atoms with Crippen LogP contribution in [0.25, 0.3) is 112 Å². The lowest BCUT2D eigenvalue weighted by Crippen LogP contribution is -2.03. The fourth-order valence-corrected chi connectivity index (χ4v) is 10.6. The van der Waals surface area contributed by atoms with Gasteiger partial charge in [0.25, 0.3) is 0 Å². The van der Waals surface area contributed by atoms with Crippen LogP contribution in [0.5, 0.6) is 0 Å². The van der Waals surface area contributed by atoms with Crippen molar-refractivity contribution >= 4 is 117 Å². The third-order valence-corrected chi connectivity index (χ3v) is 12.8. The second-order valence-electron chi connectivity index (χ2n) is 13.3. The first-order chi connectivity index (χ1) is 25.3. The van der Waals surface area contributed by atoms with E-state index in [2.05, 4.69) is 156 Å². The molecule has 3 nitrogen and oxygen atoms in total. The Labute approximate surface area is 299 Å². The normalized spacial score (nSPS) is 12.3. The standard InChI is InChI=1S/C46H25N3S2/c1-2-12-27-23-30(22-21-26(27)11-1)41-45(47-42-34-18-8-10-20-37(34)51-46(42)48-41)49-36-19-9-7-17-33(36)39-31-15-5-6-16-32(31)40-35-24-28-13-3-4-14-29(28)25-38(35)50-44(40)43(39)49/h1-25H. The second-order valence-corrected chi connectivity index (χ2v) is 15.4. The molecule has 4 heterocycles. The van der Waals surface area contributed by atoms with Crippen LogP contribution in [0.15, 0.2) is 152 Å². The van der Waals surface area contributed by atoms with E-state index < -0.39 is 0 Å². The number of hydrogen-bond acceptors (Lipinski definition) is 4. The van der Waals surface area contributed by atoms with E-state index in [4.69, 9.17) is 9.97 Å². The first-order valence-electron chi connectivity index (χ1n) is 17.2. The molecule has 12 rings (SSSR count). The minimum Gasteiger partial charge on any atom is -0.290 e. The van der Waals surface area contributed by atoms with Crippen molar-refractivity contribution in [1.82, 2.24) is 14.5 Å². The van der Waals surface area contributed by atoms with Crippen molar-refractivity contribution in [2.24, 2.45) is 0 Å². The molecule has 0 saturated carbocycles. The zero-order valence-corrected chi connectivity index (χ0v) is 28.7. The minimum absolute atomic E-state index is 0.853. The molecule has 0 N–H and O–H groups in total. The molecular weight excluding hydrogens is 659 g/mol. The van der Waals surface area contributed by atoms with Crippen LogP contribution in [0.1, 0.15) is 0 Å². The van der Waals surface area contributed by atoms with Crippen LogP contribution in [0.4, 0.5) is 0 Å². The smallest absolute Gasteiger partial charge is 0.165 e. The lowest BCUT2D eigenvalue weighted by atomic mass is 9.98. The molecule has 0 aliphatic rings. The fraction of sp³-hybridized carbons (Fsp3) is 0. The summed E-state index contributed by atoms with van der Waals surface area (Å²) in [6, 6.07) is 55.0. The van der Waals surface area contributed by atoms with Crippen molar-refractivity contribution in [3.05, 3.63) is 152 Å². The van der Waals surface area contributed by atoms with Gasteiger partial charge in [0.05, 0.1) is 15.7 Å². The summed E-state index contributed by atoms with van der Waals surface area (Å²) in [5.74, 6) is 0.853. The van der Waals surface area contributed by atoms with E-state index in [1.807, 2.05) is 11.3 Å². The zero-order chi connectivity index (χ0) is 33.2. The number of hydrogen-bond donors (Lipinski definition) is 0. The van der Waals surface area contributed by atoms with Gasteiger partial charge in [0.15, 0.2) is 5.82 Å². The van der Waals surface area contributed by atoms with Gasteiger partial charge in [0.2, 0.25) is 0 Å². The number of fused-ring (bicyclic) bond motifs is 15. The maximum absolute atomic E-state index is 5.66. The largest absolute Gasteiger partial charge is 0.290 e. The quantitative estimate of drug-likeness (QED) is 0.182. The molecule has 0 unspecified atom stereocenters. The average Bonchev–Trinajstić information content (AvgIpc) is 3.85. The van der Waals surface area contributed by atoms with Crippen LogP contribution in [-0.2, 0) is 0 Å². The molecule has 0 fully saturated rings. The Morgan fingerprint density at radius 3 is 1.92 bits per heavy atom. The molecule has 4 aromatic heterocycles. The topological polar surface area (TPSA) is 30.7 Å². The van der Waals surface area contributed by atoms with Crippen LogP contribution < -0.4 is 0 Å². The van der Waals surface area contributed by atoms with Crippen molar-refractivity contribution in [3.63, 3.8) is 0 Å². The van der Waals surface area contributed by atoms with Crippen LogP contribution in [0.2, 0.25) is 0 Å². The highest BCUT2D eigenvalue weighted by Gasteiger charge is 2.25. The number of thiophene rings is 2. The monoisotopic (exact) mass is 683 g/mol. The molecule has 5 heteroatoms. The van der Waals surface area contributed by atoms with Crippen LogP contribution in [0, 0.1) is 0 Å². The van der Waals surface area contributed by atoms with Gasteiger partial charge in [-0.2, -0.15) is 0 Å². The molecule has 0 atom stereocenters. The van der Waals surface area contributed by atoms with Gasteiger partial charge >= 0.3 is 0 Å². The van der Waals surface area contributed by atoms with Crippen LogP contribution >= 0.6 is 22.7 Å². The summed E-state index contributed by atoms with van der Waals surface area (Å²) >= 11 is 3.60. The molecule has 0 saturated heterocycles. The first kappa shape index (κ1) is 27.7. The molecule has 12 aromatic rings. The van der Waals surface area contributed by atoms with E-state index in [-0.39, 0.29) is 0 Å². The lowest BCUT2D eigenvalue weighted by molar-refractivity contribution is 1.09. The number of aromatic nitrogens is 3. The highest BCUT2D eigenvalue weighted by molar-refractivity contribution is 7.27. The summed E-state index contributed by atoms with van der Waals surface area (Å²) in [6.45, 7) is 0. The lowest BCUT2D eigenvalue weighted by Gasteiger charge is -2.14. The van der Waals surface area contributed by atoms with E-state index in [9.17, 15) is 0 Å². The molecule has 0 aliphatic carbocycles. The SMILES string of the molecule is c1ccc2cc(-c3nc4sc5ccccc5c4nc3-n3c4ccccc4c4c5ccccc5c5c6cc7ccccc7cc6sc5c43)ccc2c1. The van der Waals surface area contributed by atoms with Gasteiger partial charge in [-0.1, -0.05) is 121 Å². The molecule has 0 bridgehead atoms. The summed E-state index contributed by atoms with van der Waals surface area (Å²) in [7, 11) is 0. The van der Waals surface area contributed by atoms with Crippen LogP contribution in [-0.4, -0.2) is 14.5 Å². The maximum Gasteiger partial charge on any atom is 0.165 e. The minimum atomic E-state index is 0.853. The Morgan fingerprint density at radius 2 is 1.10 bits per heavy atom. The number of para-hydroxylation sites is 1. The van der Waals surface area contributed by atoms with Crippen LogP contribution in [0.3, 0.4) is 0 Å². The van der Waals surface area contributed by atoms with Gasteiger partial charge in [-0.3, -0.25) is 4.57 Å². The number of benzene rings is 8. The Hall–Kier alpha value is -6.14. The van der Waals surface area contributed by atoms with Gasteiger partial charge in [-0.15, -0.1) is 22.7 Å². The van der Waals surface area contributed by atoms with E-state index in [0.29, 0.717) is 0 Å². The van der Waals surface area contributed by atoms with Gasteiger partial charge in [0.1, 0.15) is 16.0 Å². The summed E-state index contributed by atoms with van der Waals surface area (Å²) in [5.41, 5.74) is 5.20. The van der Waals surface area contributed by atoms with Crippen molar-refractivity contribution in [2.75, 3.05) is 0 Å². The number of nitrogens with zero attached hydrogens (tertiary/aromatic N) is 3. The predicted molar refractivity (Wildman–Crippen MR) is 220 cm³/mol. The third-order valence-electron chi connectivity index (χ3n) is 10.5. The molecular formula is C46H25N3S2. The molecule has 8 aromatic carbocycles.